The molecule has 17 heteroatoms. The van der Waals surface area contributed by atoms with Crippen LogP contribution in [0.25, 0.3) is 22.3 Å². The van der Waals surface area contributed by atoms with E-state index in [1.165, 1.54) is 18.4 Å². The zero-order chi connectivity index (χ0) is 38.4. The molecule has 17 nitrogen and oxygen atoms in total. The number of carbonyl (C=O) groups excluding carboxylic acids is 6. The highest BCUT2D eigenvalue weighted by Crippen LogP contribution is 2.42. The molecule has 0 radical (unpaired) electrons. The molecule has 280 valence electrons. The molecule has 0 bridgehead atoms. The normalized spacial score (nSPS) is 24.1. The molecule has 2 aromatic heterocycles. The van der Waals surface area contributed by atoms with Crippen molar-refractivity contribution in [2.75, 3.05) is 6.61 Å². The number of benzene rings is 1. The molecule has 0 aliphatic carbocycles. The van der Waals surface area contributed by atoms with Gasteiger partial charge in [-0.15, -0.1) is 0 Å². The van der Waals surface area contributed by atoms with Crippen LogP contribution in [0.2, 0.25) is 0 Å². The van der Waals surface area contributed by atoms with Crippen LogP contribution in [0.3, 0.4) is 0 Å². The standard InChI is InChI=1S/C36H36N2O15/c1-7-36(53-20(6)43)24-12-26-29-21(13-38(26)33(44)23(24)14-47-35(36)45)11-22-25(37-29)9-8-10-27(22)51-34-32(50-19(5)42)31(49-18(4)41)30(48-17(3)40)28(52-34)15-46-16(2)39/h8-12,28,30-32,34H,7,13-15H2,1-6H3/t28-,30-,31+,32-,34-,36+/m1/s1. The molecular formula is C36H36N2O15. The molecule has 0 saturated carbocycles. The van der Waals surface area contributed by atoms with Crippen LogP contribution in [0.15, 0.2) is 35.1 Å². The fourth-order valence-electron chi connectivity index (χ4n) is 6.89. The molecule has 3 aliphatic rings. The largest absolute Gasteiger partial charge is 0.463 e. The number of fused-ring (bicyclic) bond motifs is 5. The number of rotatable bonds is 9. The maximum absolute atomic E-state index is 13.9. The Hall–Kier alpha value is -5.84. The lowest BCUT2D eigenvalue weighted by molar-refractivity contribution is -0.288. The van der Waals surface area contributed by atoms with E-state index < -0.39 is 84.3 Å². The van der Waals surface area contributed by atoms with Gasteiger partial charge in [-0.25, -0.2) is 9.78 Å². The first-order chi connectivity index (χ1) is 25.1. The molecule has 3 aliphatic heterocycles. The number of carbonyl (C=O) groups is 6. The molecule has 1 fully saturated rings. The van der Waals surface area contributed by atoms with Gasteiger partial charge in [-0.2, -0.15) is 0 Å². The predicted molar refractivity (Wildman–Crippen MR) is 177 cm³/mol. The van der Waals surface area contributed by atoms with E-state index in [4.69, 9.17) is 42.9 Å². The molecule has 6 rings (SSSR count). The highest BCUT2D eigenvalue weighted by atomic mass is 16.7. The van der Waals surface area contributed by atoms with Crippen molar-refractivity contribution in [3.8, 4) is 17.1 Å². The van der Waals surface area contributed by atoms with Gasteiger partial charge in [0.25, 0.3) is 5.56 Å². The summed E-state index contributed by atoms with van der Waals surface area (Å²) in [6.45, 7) is 6.70. The van der Waals surface area contributed by atoms with E-state index in [-0.39, 0.29) is 36.4 Å². The van der Waals surface area contributed by atoms with E-state index in [1.807, 2.05) is 0 Å². The van der Waals surface area contributed by atoms with Crippen LogP contribution in [0, 0.1) is 0 Å². The van der Waals surface area contributed by atoms with E-state index in [9.17, 15) is 33.6 Å². The molecule has 6 atom stereocenters. The summed E-state index contributed by atoms with van der Waals surface area (Å²) >= 11 is 0. The molecule has 0 unspecified atom stereocenters. The zero-order valence-corrected chi connectivity index (χ0v) is 29.6. The minimum absolute atomic E-state index is 0.0270. The van der Waals surface area contributed by atoms with Crippen molar-refractivity contribution in [2.24, 2.45) is 0 Å². The Bertz CT molecular complexity index is 2110. The Balaban J connectivity index is 1.42. The molecule has 1 aromatic carbocycles. The first-order valence-electron chi connectivity index (χ1n) is 16.7. The predicted octanol–water partition coefficient (Wildman–Crippen LogP) is 2.11. The highest BCUT2D eigenvalue weighted by molar-refractivity contribution is 5.90. The highest BCUT2D eigenvalue weighted by Gasteiger charge is 2.54. The van der Waals surface area contributed by atoms with E-state index in [1.54, 1.807) is 37.3 Å². The summed E-state index contributed by atoms with van der Waals surface area (Å²) in [5.74, 6) is -4.34. The topological polar surface area (TPSA) is 211 Å². The quantitative estimate of drug-likeness (QED) is 0.178. The van der Waals surface area contributed by atoms with Crippen molar-refractivity contribution in [2.45, 2.75) is 97.4 Å². The van der Waals surface area contributed by atoms with Crippen LogP contribution in [0.1, 0.15) is 64.7 Å². The summed E-state index contributed by atoms with van der Waals surface area (Å²) in [5.41, 5.74) is 0.0255. The lowest BCUT2D eigenvalue weighted by Gasteiger charge is -2.44. The minimum atomic E-state index is -1.81. The molecule has 3 aromatic rings. The summed E-state index contributed by atoms with van der Waals surface area (Å²) in [6.07, 6.45) is -6.98. The van der Waals surface area contributed by atoms with Crippen molar-refractivity contribution in [3.05, 3.63) is 57.4 Å². The molecule has 5 heterocycles. The summed E-state index contributed by atoms with van der Waals surface area (Å²) in [6, 6.07) is 8.31. The van der Waals surface area contributed by atoms with Gasteiger partial charge < -0.3 is 42.5 Å². The number of nitrogens with zero attached hydrogens (tertiary/aromatic N) is 2. The third kappa shape index (κ3) is 6.91. The second kappa shape index (κ2) is 14.3. The van der Waals surface area contributed by atoms with E-state index in [2.05, 4.69) is 0 Å². The molecule has 1 saturated heterocycles. The monoisotopic (exact) mass is 736 g/mol. The number of hydrogen-bond acceptors (Lipinski definition) is 16. The number of hydrogen-bond donors (Lipinski definition) is 0. The Labute approximate surface area is 301 Å². The summed E-state index contributed by atoms with van der Waals surface area (Å²) in [7, 11) is 0. The summed E-state index contributed by atoms with van der Waals surface area (Å²) < 4.78 is 46.4. The Kier molecular flexibility index (Phi) is 9.96. The second-order valence-electron chi connectivity index (χ2n) is 12.7. The fraction of sp³-hybridized carbons (Fsp3) is 0.444. The maximum atomic E-state index is 13.9. The smallest absolute Gasteiger partial charge is 0.355 e. The average molecular weight is 737 g/mol. The number of cyclic esters (lactones) is 1. The van der Waals surface area contributed by atoms with Gasteiger partial charge in [-0.3, -0.25) is 28.8 Å². The lowest BCUT2D eigenvalue weighted by atomic mass is 9.85. The summed E-state index contributed by atoms with van der Waals surface area (Å²) in [4.78, 5) is 92.3. The van der Waals surface area contributed by atoms with E-state index >= 15 is 0 Å². The second-order valence-corrected chi connectivity index (χ2v) is 12.7. The van der Waals surface area contributed by atoms with Gasteiger partial charge in [-0.05, 0) is 30.7 Å². The Morgan fingerprint density at radius 2 is 1.57 bits per heavy atom. The maximum Gasteiger partial charge on any atom is 0.355 e. The van der Waals surface area contributed by atoms with Gasteiger partial charge in [0.1, 0.15) is 25.1 Å². The van der Waals surface area contributed by atoms with Gasteiger partial charge in [0, 0.05) is 51.1 Å². The molecule has 0 amide bonds. The Morgan fingerprint density at radius 3 is 2.21 bits per heavy atom. The van der Waals surface area contributed by atoms with Crippen LogP contribution < -0.4 is 10.3 Å². The van der Waals surface area contributed by atoms with Crippen molar-refractivity contribution in [3.63, 3.8) is 0 Å². The molecular weight excluding hydrogens is 700 g/mol. The van der Waals surface area contributed by atoms with Crippen LogP contribution in [0.4, 0.5) is 0 Å². The van der Waals surface area contributed by atoms with Gasteiger partial charge in [0.15, 0.2) is 12.2 Å². The third-order valence-corrected chi connectivity index (χ3v) is 8.99. The van der Waals surface area contributed by atoms with Crippen molar-refractivity contribution >= 4 is 46.7 Å². The number of pyridine rings is 2. The van der Waals surface area contributed by atoms with Crippen LogP contribution >= 0.6 is 0 Å². The van der Waals surface area contributed by atoms with E-state index in [0.29, 0.717) is 27.9 Å². The minimum Gasteiger partial charge on any atom is -0.463 e. The van der Waals surface area contributed by atoms with Crippen LogP contribution in [-0.2, 0) is 80.7 Å². The van der Waals surface area contributed by atoms with Crippen LogP contribution in [0.5, 0.6) is 5.75 Å². The van der Waals surface area contributed by atoms with Gasteiger partial charge >= 0.3 is 35.8 Å². The van der Waals surface area contributed by atoms with Gasteiger partial charge in [0.2, 0.25) is 18.0 Å². The molecule has 0 spiro atoms. The number of esters is 6. The summed E-state index contributed by atoms with van der Waals surface area (Å²) in [5, 5.41) is 0.450. The first-order valence-corrected chi connectivity index (χ1v) is 16.7. The first kappa shape index (κ1) is 36.9. The van der Waals surface area contributed by atoms with Crippen molar-refractivity contribution < 1.29 is 66.7 Å². The Morgan fingerprint density at radius 1 is 0.887 bits per heavy atom. The third-order valence-electron chi connectivity index (χ3n) is 8.99. The van der Waals surface area contributed by atoms with Crippen LogP contribution in [-0.4, -0.2) is 82.7 Å². The fourth-order valence-corrected chi connectivity index (χ4v) is 6.89. The van der Waals surface area contributed by atoms with Gasteiger partial charge in [0.05, 0.1) is 29.0 Å². The lowest BCUT2D eigenvalue weighted by Crippen LogP contribution is -2.63. The van der Waals surface area contributed by atoms with Crippen molar-refractivity contribution in [1.29, 1.82) is 0 Å². The average Bonchev–Trinajstić information content (AvgIpc) is 3.44. The zero-order valence-electron chi connectivity index (χ0n) is 29.6. The van der Waals surface area contributed by atoms with E-state index in [0.717, 1.165) is 20.8 Å². The molecule has 53 heavy (non-hydrogen) atoms. The number of ether oxygens (including phenoxy) is 8. The van der Waals surface area contributed by atoms with Crippen molar-refractivity contribution in [1.82, 2.24) is 9.55 Å². The number of aromatic nitrogens is 2. The molecule has 0 N–H and O–H groups in total. The van der Waals surface area contributed by atoms with Gasteiger partial charge in [-0.1, -0.05) is 13.0 Å². The SMILES string of the molecule is CC[C@@]1(OC(C)=O)C(=O)OCc2c1cc1n(c2=O)Cc2cc3c(O[C@@H]4O[C@H](COC(C)=O)[C@@H](OC(C)=O)[C@H](OC(C)=O)[C@H]4OC(C)=O)cccc3nc2-1.